The summed E-state index contributed by atoms with van der Waals surface area (Å²) < 4.78 is 26.6. The molecule has 0 aliphatic heterocycles. The first-order valence-corrected chi connectivity index (χ1v) is 19.7. The van der Waals surface area contributed by atoms with E-state index >= 15 is 0 Å². The van der Waals surface area contributed by atoms with Crippen molar-refractivity contribution < 1.29 is 55.0 Å². The Balaban J connectivity index is 0.000000217. The molecule has 4 aromatic heterocycles. The first-order chi connectivity index (χ1) is 30.9. The van der Waals surface area contributed by atoms with Gasteiger partial charge < -0.3 is 40.1 Å². The molecule has 8 nitrogen and oxygen atoms in total. The van der Waals surface area contributed by atoms with Crippen molar-refractivity contribution >= 4 is 57.1 Å². The molecular weight excluding hydrogens is 831 g/mol. The van der Waals surface area contributed by atoms with Crippen molar-refractivity contribution in [2.75, 3.05) is 21.4 Å². The maximum Gasteiger partial charge on any atom is 1.00 e. The van der Waals surface area contributed by atoms with Crippen LogP contribution in [-0.4, -0.2) is 51.5 Å². The summed E-state index contributed by atoms with van der Waals surface area (Å²) in [5.74, 6) is 1.98. The number of methoxy groups -OCH3 is 2. The van der Waals surface area contributed by atoms with E-state index in [0.29, 0.717) is 22.5 Å². The summed E-state index contributed by atoms with van der Waals surface area (Å²) in [6.07, 6.45) is 0. The van der Waals surface area contributed by atoms with Gasteiger partial charge >= 0.3 is 29.6 Å². The summed E-state index contributed by atoms with van der Waals surface area (Å²) in [7, 11) is 2.35. The molecule has 6 aromatic carbocycles. The minimum atomic E-state index is -1.00. The number of aromatic hydroxyl groups is 2. The third-order valence-electron chi connectivity index (χ3n) is 10.2. The van der Waals surface area contributed by atoms with Crippen LogP contribution in [0.3, 0.4) is 0 Å². The number of para-hydroxylation sites is 4. The molecule has 316 valence electrons. The van der Waals surface area contributed by atoms with Gasteiger partial charge in [-0.25, -0.2) is 19.9 Å². The Bertz CT molecular complexity index is 2990. The van der Waals surface area contributed by atoms with Crippen LogP contribution >= 0.6 is 0 Å². The number of aromatic nitrogens is 4. The van der Waals surface area contributed by atoms with Gasteiger partial charge in [-0.3, -0.25) is 4.39 Å². The molecule has 0 aliphatic carbocycles. The first kappa shape index (κ1) is 46.9. The molecule has 4 heterocycles. The molecule has 0 saturated heterocycles. The number of ether oxygens (including phenoxy) is 2. The van der Waals surface area contributed by atoms with E-state index in [1.54, 1.807) is 45.4 Å². The number of thiol groups is 1. The molecule has 2 N–H and O–H groups in total. The van der Waals surface area contributed by atoms with E-state index in [4.69, 9.17) is 30.8 Å². The second-order valence-corrected chi connectivity index (χ2v) is 13.6. The minimum Gasteiger partial charge on any atom is -0.813 e. The molecule has 0 aliphatic rings. The second kappa shape index (κ2) is 22.7. The number of benzene rings is 6. The van der Waals surface area contributed by atoms with Gasteiger partial charge in [-0.2, -0.15) is 6.92 Å². The summed E-state index contributed by atoms with van der Waals surface area (Å²) in [5, 5.41) is 24.4. The van der Waals surface area contributed by atoms with Crippen LogP contribution in [0.15, 0.2) is 170 Å². The Labute approximate surface area is 402 Å². The number of hydrogen-bond acceptors (Lipinski definition) is 9. The summed E-state index contributed by atoms with van der Waals surface area (Å²) in [4.78, 5) is 19.6. The van der Waals surface area contributed by atoms with Crippen molar-refractivity contribution in [2.24, 2.45) is 0 Å². The first-order valence-electron chi connectivity index (χ1n) is 20.4. The van der Waals surface area contributed by atoms with Crippen LogP contribution in [0.2, 0.25) is 0 Å². The Morgan fingerprint density at radius 3 is 0.938 bits per heavy atom. The van der Waals surface area contributed by atoms with E-state index in [1.807, 2.05) is 121 Å². The Kier molecular flexibility index (Phi) is 16.6. The fourth-order valence-electron chi connectivity index (χ4n) is 7.23. The smallest absolute Gasteiger partial charge is 0.813 e. The maximum atomic E-state index is 10.2. The Hall–Kier alpha value is -6.56. The molecule has 11 heteroatoms. The number of alkyl halides is 1. The average molecular weight is 877 g/mol. The van der Waals surface area contributed by atoms with Crippen LogP contribution in [0.4, 0.5) is 4.39 Å². The summed E-state index contributed by atoms with van der Waals surface area (Å²) >= 11 is 0. The second-order valence-electron chi connectivity index (χ2n) is 13.6. The molecule has 10 rings (SSSR count). The molecule has 10 aromatic rings. The van der Waals surface area contributed by atoms with E-state index in [9.17, 15) is 14.6 Å². The van der Waals surface area contributed by atoms with Crippen molar-refractivity contribution in [3.8, 4) is 68.0 Å². The molecule has 0 atom stereocenters. The van der Waals surface area contributed by atoms with E-state index in [0.717, 1.165) is 77.6 Å². The Morgan fingerprint density at radius 1 is 0.422 bits per heavy atom. The van der Waals surface area contributed by atoms with E-state index < -0.39 is 7.15 Å². The largest absolute Gasteiger partial charge is 1.00 e. The predicted molar refractivity (Wildman–Crippen MR) is 259 cm³/mol. The normalized spacial score (nSPS) is 10.4. The van der Waals surface area contributed by atoms with Crippen LogP contribution in [-0.2, 0) is 13.5 Å². The van der Waals surface area contributed by atoms with Gasteiger partial charge in [0, 0.05) is 43.8 Å². The number of nitrogens with zero attached hydrogens (tertiary/aromatic N) is 4. The van der Waals surface area contributed by atoms with Crippen LogP contribution in [0.5, 0.6) is 23.0 Å². The van der Waals surface area contributed by atoms with Gasteiger partial charge in [0.1, 0.15) is 23.0 Å². The van der Waals surface area contributed by atoms with Gasteiger partial charge in [-0.15, -0.1) is 0 Å². The van der Waals surface area contributed by atoms with Crippen molar-refractivity contribution in [3.63, 3.8) is 0 Å². The molecule has 0 unspecified atom stereocenters. The van der Waals surface area contributed by atoms with E-state index in [-0.39, 0.29) is 54.6 Å². The zero-order chi connectivity index (χ0) is 44.3. The van der Waals surface area contributed by atoms with Gasteiger partial charge in [0.05, 0.1) is 67.6 Å². The van der Waals surface area contributed by atoms with Gasteiger partial charge in [0.2, 0.25) is 0 Å². The van der Waals surface area contributed by atoms with Crippen LogP contribution < -0.4 is 39.0 Å². The molecule has 0 fully saturated rings. The molecule has 0 saturated carbocycles. The molecule has 0 radical (unpaired) electrons. The van der Waals surface area contributed by atoms with E-state index in [1.165, 1.54) is 0 Å². The zero-order valence-corrected chi connectivity index (χ0v) is 38.8. The van der Waals surface area contributed by atoms with E-state index in [2.05, 4.69) is 31.2 Å². The molecular formula is C53H45FN4NaO4S-. The third-order valence-corrected chi connectivity index (χ3v) is 10.2. The fourth-order valence-corrected chi connectivity index (χ4v) is 7.23. The Morgan fingerprint density at radius 2 is 0.656 bits per heavy atom. The fraction of sp³-hybridized carbons (Fsp3) is 0.0755. The standard InChI is InChI=1S/C26H20N2O2.C24H16N2O2.C2H5.CH3F.Na.H2S/c1-29-23-9-5-3-7-19(23)21-15-13-17-11-12-18-14-16-22(28-26(18)25(17)27-21)20-8-4-6-10-24(20)30-2;27-21-7-3-1-5-17(21)19-13-11-15-9-10-16-12-14-20(26-24(16)23(15)25-19)18-6-2-4-8-22(18)28;2*1-2;;/h3-16H,1-2H3;1-14,27-28H;1H2,2H3;1H3;;1H2/q;;-1;;+1;/p-1/i;;;1D;;. The predicted octanol–water partition coefficient (Wildman–Crippen LogP) is 9.82. The average Bonchev–Trinajstić information content (AvgIpc) is 3.34. The van der Waals surface area contributed by atoms with Crippen molar-refractivity contribution in [1.82, 2.24) is 19.9 Å². The quantitative estimate of drug-likeness (QED) is 0.0555. The number of phenols is 2. The zero-order valence-electron chi connectivity index (χ0n) is 36.9. The van der Waals surface area contributed by atoms with Gasteiger partial charge in [-0.05, 0) is 72.8 Å². The number of phenolic OH excluding ortho intramolecular Hbond substituents is 2. The number of hydrogen-bond donors (Lipinski definition) is 2. The minimum absolute atomic E-state index is 0. The van der Waals surface area contributed by atoms with Crippen molar-refractivity contribution in [1.29, 1.82) is 0 Å². The number of fused-ring (bicyclic) bond motifs is 6. The molecule has 0 bridgehead atoms. The third kappa shape index (κ3) is 10.1. The van der Waals surface area contributed by atoms with Gasteiger partial charge in [0.15, 0.2) is 0 Å². The van der Waals surface area contributed by atoms with Gasteiger partial charge in [-0.1, -0.05) is 97.1 Å². The SMILES string of the molecule is COc1ccccc1-c1ccc2ccc3ccc(-c4ccccc4OC)nc3c2n1.Oc1ccccc1-c1ccc2ccc3ccc(-c4ccccc4O)nc3c2n1.[2H]CF.[CH2-]C.[Na+].[SH-]. The summed E-state index contributed by atoms with van der Waals surface area (Å²) in [6.45, 7) is 5.00. The molecule has 64 heavy (non-hydrogen) atoms. The number of halogens is 1. The summed E-state index contributed by atoms with van der Waals surface area (Å²) in [6, 6.07) is 54.3. The topological polar surface area (TPSA) is 110 Å². The van der Waals surface area contributed by atoms with Gasteiger partial charge in [0.25, 0.3) is 0 Å². The molecule has 0 amide bonds. The van der Waals surface area contributed by atoms with Crippen LogP contribution in [0, 0.1) is 6.92 Å². The monoisotopic (exact) mass is 876 g/mol. The summed E-state index contributed by atoms with van der Waals surface area (Å²) in [5.41, 5.74) is 9.62. The van der Waals surface area contributed by atoms with Crippen molar-refractivity contribution in [3.05, 3.63) is 177 Å². The number of rotatable bonds is 6. The number of pyridine rings is 4. The molecule has 0 spiro atoms. The van der Waals surface area contributed by atoms with Crippen LogP contribution in [0.25, 0.3) is 88.6 Å². The van der Waals surface area contributed by atoms with Crippen LogP contribution in [0.1, 0.15) is 8.29 Å². The maximum absolute atomic E-state index is 10.2. The van der Waals surface area contributed by atoms with Crippen molar-refractivity contribution in [2.45, 2.75) is 6.92 Å².